The number of aliphatic carboxylic acids is 1. The molecule has 1 saturated heterocycles. The van der Waals surface area contributed by atoms with Crippen molar-refractivity contribution in [2.45, 2.75) is 24.8 Å². The third-order valence-electron chi connectivity index (χ3n) is 3.22. The summed E-state index contributed by atoms with van der Waals surface area (Å²) >= 11 is 0. The quantitative estimate of drug-likeness (QED) is 0.605. The van der Waals surface area contributed by atoms with E-state index in [0.29, 0.717) is 12.8 Å². The van der Waals surface area contributed by atoms with Gasteiger partial charge in [-0.3, -0.25) is 14.5 Å². The van der Waals surface area contributed by atoms with E-state index in [1.54, 1.807) is 0 Å². The standard InChI is InChI=1S/C9H11NO5/c11-6-4-10(8(14)15)9(1-2-9)3-5(6)7(12)13/h5H,1-4H2,(H,12,13)(H,14,15). The largest absolute Gasteiger partial charge is 0.481 e. The minimum Gasteiger partial charge on any atom is -0.481 e. The van der Waals surface area contributed by atoms with Crippen LogP contribution in [0.25, 0.3) is 0 Å². The molecule has 1 saturated carbocycles. The van der Waals surface area contributed by atoms with Crippen LogP contribution in [-0.2, 0) is 9.59 Å². The van der Waals surface area contributed by atoms with Crippen molar-refractivity contribution in [2.75, 3.05) is 6.54 Å². The van der Waals surface area contributed by atoms with Crippen molar-refractivity contribution in [3.8, 4) is 0 Å². The minimum atomic E-state index is -1.14. The lowest BCUT2D eigenvalue weighted by atomic mass is 9.88. The van der Waals surface area contributed by atoms with Gasteiger partial charge in [0.15, 0.2) is 5.78 Å². The van der Waals surface area contributed by atoms with Crippen molar-refractivity contribution in [2.24, 2.45) is 5.92 Å². The molecule has 6 heteroatoms. The first kappa shape index (κ1) is 9.95. The molecule has 1 spiro atoms. The monoisotopic (exact) mass is 213 g/mol. The fraction of sp³-hybridized carbons (Fsp3) is 0.667. The van der Waals surface area contributed by atoms with E-state index in [0.717, 1.165) is 4.90 Å². The van der Waals surface area contributed by atoms with Crippen LogP contribution in [0.3, 0.4) is 0 Å². The zero-order valence-corrected chi connectivity index (χ0v) is 7.97. The summed E-state index contributed by atoms with van der Waals surface area (Å²) in [4.78, 5) is 34.1. The van der Waals surface area contributed by atoms with E-state index in [4.69, 9.17) is 10.2 Å². The third kappa shape index (κ3) is 1.45. The minimum absolute atomic E-state index is 0.132. The number of hydrogen-bond acceptors (Lipinski definition) is 3. The molecule has 0 aromatic carbocycles. The number of carboxylic acid groups (broad SMARTS) is 2. The molecule has 0 bridgehead atoms. The molecule has 1 atom stereocenters. The maximum Gasteiger partial charge on any atom is 0.408 e. The SMILES string of the molecule is O=C(O)C1CC2(CC2)N(C(=O)O)CC1=O. The van der Waals surface area contributed by atoms with Crippen LogP contribution in [0, 0.1) is 5.92 Å². The Morgan fingerprint density at radius 1 is 1.33 bits per heavy atom. The van der Waals surface area contributed by atoms with Gasteiger partial charge in [0, 0.05) is 5.54 Å². The molecule has 2 aliphatic rings. The molecule has 1 aliphatic carbocycles. The second kappa shape index (κ2) is 2.95. The molecule has 15 heavy (non-hydrogen) atoms. The average molecular weight is 213 g/mol. The molecule has 0 aromatic heterocycles. The molecule has 2 fully saturated rings. The Bertz CT molecular complexity index is 346. The summed E-state index contributed by atoms with van der Waals surface area (Å²) in [6, 6.07) is 0. The van der Waals surface area contributed by atoms with Crippen molar-refractivity contribution < 1.29 is 24.6 Å². The third-order valence-corrected chi connectivity index (χ3v) is 3.22. The molecule has 1 aliphatic heterocycles. The van der Waals surface area contributed by atoms with Crippen LogP contribution in [0.15, 0.2) is 0 Å². The number of nitrogens with zero attached hydrogens (tertiary/aromatic N) is 1. The number of rotatable bonds is 1. The van der Waals surface area contributed by atoms with Gasteiger partial charge in [-0.25, -0.2) is 4.79 Å². The van der Waals surface area contributed by atoms with E-state index in [1.165, 1.54) is 0 Å². The Morgan fingerprint density at radius 2 is 1.93 bits per heavy atom. The molecular weight excluding hydrogens is 202 g/mol. The van der Waals surface area contributed by atoms with Gasteiger partial charge in [0.25, 0.3) is 0 Å². The molecule has 1 amide bonds. The molecule has 2 rings (SSSR count). The summed E-state index contributed by atoms with van der Waals surface area (Å²) in [7, 11) is 0. The van der Waals surface area contributed by atoms with Gasteiger partial charge in [0.05, 0.1) is 6.54 Å². The van der Waals surface area contributed by atoms with Crippen molar-refractivity contribution in [1.82, 2.24) is 4.90 Å². The topological polar surface area (TPSA) is 94.9 Å². The summed E-state index contributed by atoms with van der Waals surface area (Å²) in [5, 5.41) is 17.7. The fourth-order valence-corrected chi connectivity index (χ4v) is 2.15. The van der Waals surface area contributed by atoms with Crippen LogP contribution >= 0.6 is 0 Å². The number of carbonyl (C=O) groups excluding carboxylic acids is 1. The van der Waals surface area contributed by atoms with Gasteiger partial charge in [0.2, 0.25) is 0 Å². The number of amides is 1. The smallest absolute Gasteiger partial charge is 0.408 e. The van der Waals surface area contributed by atoms with Crippen molar-refractivity contribution >= 4 is 17.8 Å². The Morgan fingerprint density at radius 3 is 2.33 bits per heavy atom. The summed E-state index contributed by atoms with van der Waals surface area (Å²) in [5.41, 5.74) is -0.567. The van der Waals surface area contributed by atoms with Crippen LogP contribution in [0.1, 0.15) is 19.3 Å². The highest BCUT2D eigenvalue weighted by molar-refractivity contribution is 6.01. The van der Waals surface area contributed by atoms with E-state index < -0.39 is 29.3 Å². The van der Waals surface area contributed by atoms with Gasteiger partial charge in [-0.15, -0.1) is 0 Å². The molecular formula is C9H11NO5. The molecule has 1 unspecified atom stereocenters. The first-order chi connectivity index (χ1) is 6.96. The number of likely N-dealkylation sites (tertiary alicyclic amines) is 1. The highest BCUT2D eigenvalue weighted by atomic mass is 16.4. The first-order valence-electron chi connectivity index (χ1n) is 4.72. The Hall–Kier alpha value is -1.59. The normalized spacial score (nSPS) is 27.9. The van der Waals surface area contributed by atoms with Crippen LogP contribution in [0.2, 0.25) is 0 Å². The van der Waals surface area contributed by atoms with E-state index >= 15 is 0 Å². The molecule has 0 aromatic rings. The number of ketones is 1. The zero-order chi connectivity index (χ0) is 11.2. The predicted molar refractivity (Wildman–Crippen MR) is 47.4 cm³/mol. The maximum absolute atomic E-state index is 11.4. The van der Waals surface area contributed by atoms with Crippen molar-refractivity contribution in [1.29, 1.82) is 0 Å². The lowest BCUT2D eigenvalue weighted by molar-refractivity contribution is -0.150. The second-order valence-corrected chi connectivity index (χ2v) is 4.15. The van der Waals surface area contributed by atoms with E-state index in [1.807, 2.05) is 0 Å². The molecule has 6 nitrogen and oxygen atoms in total. The summed E-state index contributed by atoms with van der Waals surface area (Å²) < 4.78 is 0. The summed E-state index contributed by atoms with van der Waals surface area (Å²) in [6.45, 7) is -0.285. The van der Waals surface area contributed by atoms with Crippen LogP contribution in [0.4, 0.5) is 4.79 Å². The van der Waals surface area contributed by atoms with Crippen molar-refractivity contribution in [3.63, 3.8) is 0 Å². The van der Waals surface area contributed by atoms with Gasteiger partial charge in [-0.1, -0.05) is 0 Å². The Balaban J connectivity index is 2.21. The Labute approximate surface area is 85.5 Å². The predicted octanol–water partition coefficient (Wildman–Crippen LogP) is 0.173. The fourth-order valence-electron chi connectivity index (χ4n) is 2.15. The number of hydrogen-bond donors (Lipinski definition) is 2. The zero-order valence-electron chi connectivity index (χ0n) is 7.97. The number of piperidine rings is 1. The van der Waals surface area contributed by atoms with Gasteiger partial charge >= 0.3 is 12.1 Å². The van der Waals surface area contributed by atoms with E-state index in [-0.39, 0.29) is 13.0 Å². The highest BCUT2D eigenvalue weighted by Crippen LogP contribution is 2.49. The van der Waals surface area contributed by atoms with Crippen LogP contribution in [-0.4, -0.2) is 45.0 Å². The molecule has 82 valence electrons. The van der Waals surface area contributed by atoms with E-state index in [9.17, 15) is 14.4 Å². The van der Waals surface area contributed by atoms with Gasteiger partial charge in [-0.05, 0) is 19.3 Å². The summed E-state index contributed by atoms with van der Waals surface area (Å²) in [6.07, 6.45) is 0.324. The van der Waals surface area contributed by atoms with Gasteiger partial charge in [0.1, 0.15) is 5.92 Å². The van der Waals surface area contributed by atoms with Crippen LogP contribution in [0.5, 0.6) is 0 Å². The van der Waals surface area contributed by atoms with Crippen molar-refractivity contribution in [3.05, 3.63) is 0 Å². The molecule has 0 radical (unpaired) electrons. The highest BCUT2D eigenvalue weighted by Gasteiger charge is 2.57. The molecule has 2 N–H and O–H groups in total. The average Bonchev–Trinajstić information content (AvgIpc) is 2.89. The first-order valence-corrected chi connectivity index (χ1v) is 4.72. The van der Waals surface area contributed by atoms with Gasteiger partial charge < -0.3 is 10.2 Å². The van der Waals surface area contributed by atoms with Gasteiger partial charge in [-0.2, -0.15) is 0 Å². The lowest BCUT2D eigenvalue weighted by Crippen LogP contribution is -2.53. The summed E-state index contributed by atoms with van der Waals surface area (Å²) in [5.74, 6) is -2.68. The number of carbonyl (C=O) groups is 3. The molecule has 1 heterocycles. The van der Waals surface area contributed by atoms with E-state index in [2.05, 4.69) is 0 Å². The number of Topliss-reactive ketones (excluding diaryl/α,β-unsaturated/α-hetero) is 1. The Kier molecular flexibility index (Phi) is 1.95. The number of carboxylic acids is 1. The maximum atomic E-state index is 11.4. The van der Waals surface area contributed by atoms with Crippen LogP contribution < -0.4 is 0 Å². The second-order valence-electron chi connectivity index (χ2n) is 4.15. The lowest BCUT2D eigenvalue weighted by Gasteiger charge is -2.35.